The maximum Gasteiger partial charge on any atom is 0.131 e. The SMILES string of the molecule is CCn1c(C)nc(-c2cc(F)ccc2Br)c1N. The number of hydrogen-bond donors (Lipinski definition) is 1. The zero-order chi connectivity index (χ0) is 12.6. The van der Waals surface area contributed by atoms with Gasteiger partial charge in [-0.1, -0.05) is 15.9 Å². The Morgan fingerprint density at radius 2 is 2.18 bits per heavy atom. The fourth-order valence-corrected chi connectivity index (χ4v) is 2.29. The summed E-state index contributed by atoms with van der Waals surface area (Å²) in [5.74, 6) is 1.10. The largest absolute Gasteiger partial charge is 0.383 e. The van der Waals surface area contributed by atoms with Crippen LogP contribution in [-0.2, 0) is 6.54 Å². The Kier molecular flexibility index (Phi) is 3.19. The molecule has 0 bridgehead atoms. The van der Waals surface area contributed by atoms with Gasteiger partial charge < -0.3 is 10.3 Å². The van der Waals surface area contributed by atoms with Gasteiger partial charge in [0.05, 0.1) is 0 Å². The van der Waals surface area contributed by atoms with Crippen LogP contribution in [0.5, 0.6) is 0 Å². The van der Waals surface area contributed by atoms with Crippen molar-refractivity contribution in [3.05, 3.63) is 34.3 Å². The minimum Gasteiger partial charge on any atom is -0.383 e. The second-order valence-corrected chi connectivity index (χ2v) is 4.62. The van der Waals surface area contributed by atoms with Crippen molar-refractivity contribution in [2.45, 2.75) is 20.4 Å². The Balaban J connectivity index is 2.64. The lowest BCUT2D eigenvalue weighted by atomic mass is 10.1. The Labute approximate surface area is 108 Å². The number of nitrogens with zero attached hydrogens (tertiary/aromatic N) is 2. The number of nitrogen functional groups attached to an aromatic ring is 1. The number of imidazole rings is 1. The Morgan fingerprint density at radius 3 is 2.76 bits per heavy atom. The molecule has 0 radical (unpaired) electrons. The molecule has 0 atom stereocenters. The molecule has 2 rings (SSSR count). The first kappa shape index (κ1) is 12.1. The van der Waals surface area contributed by atoms with Gasteiger partial charge in [-0.2, -0.15) is 0 Å². The van der Waals surface area contributed by atoms with Crippen molar-refractivity contribution in [1.29, 1.82) is 0 Å². The van der Waals surface area contributed by atoms with Gasteiger partial charge in [-0.15, -0.1) is 0 Å². The van der Waals surface area contributed by atoms with Gasteiger partial charge in [0, 0.05) is 16.6 Å². The minimum absolute atomic E-state index is 0.300. The number of nitrogens with two attached hydrogens (primary N) is 1. The lowest BCUT2D eigenvalue weighted by molar-refractivity contribution is 0.628. The molecular weight excluding hydrogens is 285 g/mol. The standard InChI is InChI=1S/C12H13BrFN3/c1-3-17-7(2)16-11(12(17)15)9-6-8(14)4-5-10(9)13/h4-6H,3,15H2,1-2H3. The molecule has 0 amide bonds. The highest BCUT2D eigenvalue weighted by Crippen LogP contribution is 2.32. The number of rotatable bonds is 2. The van der Waals surface area contributed by atoms with E-state index in [1.165, 1.54) is 12.1 Å². The highest BCUT2D eigenvalue weighted by Gasteiger charge is 2.15. The van der Waals surface area contributed by atoms with E-state index in [-0.39, 0.29) is 5.82 Å². The molecule has 2 N–H and O–H groups in total. The van der Waals surface area contributed by atoms with E-state index in [0.29, 0.717) is 17.1 Å². The molecule has 0 aliphatic heterocycles. The van der Waals surface area contributed by atoms with Crippen molar-refractivity contribution in [3.8, 4) is 11.3 Å². The topological polar surface area (TPSA) is 43.8 Å². The first-order valence-corrected chi connectivity index (χ1v) is 6.12. The van der Waals surface area contributed by atoms with Crippen LogP contribution in [0.2, 0.25) is 0 Å². The second kappa shape index (κ2) is 4.49. The van der Waals surface area contributed by atoms with Crippen molar-refractivity contribution in [3.63, 3.8) is 0 Å². The number of anilines is 1. The minimum atomic E-state index is -0.300. The third kappa shape index (κ3) is 2.07. The van der Waals surface area contributed by atoms with Crippen LogP contribution in [0, 0.1) is 12.7 Å². The molecule has 0 aliphatic carbocycles. The fourth-order valence-electron chi connectivity index (χ4n) is 1.86. The Hall–Kier alpha value is -1.36. The van der Waals surface area contributed by atoms with E-state index in [0.717, 1.165) is 16.8 Å². The predicted octanol–water partition coefficient (Wildman–Crippen LogP) is 3.36. The Bertz CT molecular complexity index is 563. The molecule has 0 saturated heterocycles. The molecule has 0 spiro atoms. The molecule has 2 aromatic rings. The summed E-state index contributed by atoms with van der Waals surface area (Å²) in [7, 11) is 0. The number of hydrogen-bond acceptors (Lipinski definition) is 2. The first-order chi connectivity index (χ1) is 8.04. The van der Waals surface area contributed by atoms with Gasteiger partial charge in [0.2, 0.25) is 0 Å². The molecule has 1 heterocycles. The van der Waals surface area contributed by atoms with Gasteiger partial charge in [0.1, 0.15) is 23.2 Å². The van der Waals surface area contributed by atoms with Crippen LogP contribution in [-0.4, -0.2) is 9.55 Å². The van der Waals surface area contributed by atoms with Crippen molar-refractivity contribution >= 4 is 21.7 Å². The molecule has 1 aromatic carbocycles. The number of benzene rings is 1. The predicted molar refractivity (Wildman–Crippen MR) is 70.1 cm³/mol. The molecule has 0 fully saturated rings. The van der Waals surface area contributed by atoms with Crippen molar-refractivity contribution in [1.82, 2.24) is 9.55 Å². The molecule has 5 heteroatoms. The number of halogens is 2. The molecule has 3 nitrogen and oxygen atoms in total. The summed E-state index contributed by atoms with van der Waals surface area (Å²) >= 11 is 3.39. The third-order valence-electron chi connectivity index (χ3n) is 2.70. The van der Waals surface area contributed by atoms with Crippen molar-refractivity contribution < 1.29 is 4.39 Å². The molecule has 17 heavy (non-hydrogen) atoms. The average molecular weight is 298 g/mol. The van der Waals surface area contributed by atoms with E-state index in [4.69, 9.17) is 5.73 Å². The van der Waals surface area contributed by atoms with Crippen LogP contribution in [0.15, 0.2) is 22.7 Å². The van der Waals surface area contributed by atoms with Crippen LogP contribution in [0.25, 0.3) is 11.3 Å². The van der Waals surface area contributed by atoms with E-state index >= 15 is 0 Å². The quantitative estimate of drug-likeness (QED) is 0.924. The van der Waals surface area contributed by atoms with E-state index in [1.54, 1.807) is 6.07 Å². The summed E-state index contributed by atoms with van der Waals surface area (Å²) in [6, 6.07) is 4.49. The van der Waals surface area contributed by atoms with Gasteiger partial charge in [-0.25, -0.2) is 9.37 Å². The van der Waals surface area contributed by atoms with Gasteiger partial charge in [0.25, 0.3) is 0 Å². The van der Waals surface area contributed by atoms with Gasteiger partial charge in [-0.05, 0) is 32.0 Å². The fraction of sp³-hybridized carbons (Fsp3) is 0.250. The molecule has 90 valence electrons. The second-order valence-electron chi connectivity index (χ2n) is 3.76. The molecule has 0 unspecified atom stereocenters. The van der Waals surface area contributed by atoms with Gasteiger partial charge >= 0.3 is 0 Å². The van der Waals surface area contributed by atoms with Crippen LogP contribution >= 0.6 is 15.9 Å². The molecule has 1 aromatic heterocycles. The molecular formula is C12H13BrFN3. The van der Waals surface area contributed by atoms with Crippen LogP contribution in [0.3, 0.4) is 0 Å². The van der Waals surface area contributed by atoms with Crippen molar-refractivity contribution in [2.24, 2.45) is 0 Å². The summed E-state index contributed by atoms with van der Waals surface area (Å²) in [6.07, 6.45) is 0. The smallest absolute Gasteiger partial charge is 0.131 e. The average Bonchev–Trinajstić information content (AvgIpc) is 2.57. The van der Waals surface area contributed by atoms with E-state index < -0.39 is 0 Å². The lowest BCUT2D eigenvalue weighted by Crippen LogP contribution is -2.02. The lowest BCUT2D eigenvalue weighted by Gasteiger charge is -2.05. The Morgan fingerprint density at radius 1 is 1.47 bits per heavy atom. The van der Waals surface area contributed by atoms with Crippen LogP contribution in [0.4, 0.5) is 10.2 Å². The summed E-state index contributed by atoms with van der Waals surface area (Å²) < 4.78 is 15.9. The first-order valence-electron chi connectivity index (χ1n) is 5.32. The number of aryl methyl sites for hydroxylation is 1. The van der Waals surface area contributed by atoms with E-state index in [2.05, 4.69) is 20.9 Å². The normalized spacial score (nSPS) is 10.8. The summed E-state index contributed by atoms with van der Waals surface area (Å²) in [6.45, 7) is 4.63. The summed E-state index contributed by atoms with van der Waals surface area (Å²) in [4.78, 5) is 4.39. The summed E-state index contributed by atoms with van der Waals surface area (Å²) in [5.41, 5.74) is 7.32. The van der Waals surface area contributed by atoms with Crippen molar-refractivity contribution in [2.75, 3.05) is 5.73 Å². The van der Waals surface area contributed by atoms with E-state index in [1.807, 2.05) is 18.4 Å². The highest BCUT2D eigenvalue weighted by molar-refractivity contribution is 9.10. The summed E-state index contributed by atoms with van der Waals surface area (Å²) in [5, 5.41) is 0. The highest BCUT2D eigenvalue weighted by atomic mass is 79.9. The maximum absolute atomic E-state index is 13.3. The zero-order valence-corrected chi connectivity index (χ0v) is 11.3. The molecule has 0 saturated carbocycles. The molecule has 0 aliphatic rings. The van der Waals surface area contributed by atoms with Crippen LogP contribution in [0.1, 0.15) is 12.7 Å². The van der Waals surface area contributed by atoms with Gasteiger partial charge in [-0.3, -0.25) is 0 Å². The van der Waals surface area contributed by atoms with E-state index in [9.17, 15) is 4.39 Å². The number of aromatic nitrogens is 2. The van der Waals surface area contributed by atoms with Gasteiger partial charge in [0.15, 0.2) is 0 Å². The monoisotopic (exact) mass is 297 g/mol. The zero-order valence-electron chi connectivity index (χ0n) is 9.67. The maximum atomic E-state index is 13.3. The van der Waals surface area contributed by atoms with Crippen LogP contribution < -0.4 is 5.73 Å². The third-order valence-corrected chi connectivity index (χ3v) is 3.39.